The average Bonchev–Trinajstić information content (AvgIpc) is 3.07. The Morgan fingerprint density at radius 2 is 1.77 bits per heavy atom. The molecule has 2 rings (SSSR count). The predicted octanol–water partition coefficient (Wildman–Crippen LogP) is 3.39. The number of amides is 3. The van der Waals surface area contributed by atoms with Gasteiger partial charge in [-0.05, 0) is 36.5 Å². The molecule has 0 aromatic heterocycles. The third kappa shape index (κ3) is 6.02. The predicted molar refractivity (Wildman–Crippen MR) is 98.9 cm³/mol. The minimum atomic E-state index is -0.646. The largest absolute Gasteiger partial charge is 0.455 e. The van der Waals surface area contributed by atoms with Crippen molar-refractivity contribution in [3.05, 3.63) is 34.9 Å². The van der Waals surface area contributed by atoms with Crippen molar-refractivity contribution in [2.45, 2.75) is 51.5 Å². The van der Waals surface area contributed by atoms with Crippen LogP contribution in [-0.4, -0.2) is 30.6 Å². The Morgan fingerprint density at radius 3 is 2.35 bits per heavy atom. The van der Waals surface area contributed by atoms with Gasteiger partial charge >= 0.3 is 12.0 Å². The summed E-state index contributed by atoms with van der Waals surface area (Å²) in [5, 5.41) is 5.52. The van der Waals surface area contributed by atoms with E-state index in [1.807, 2.05) is 13.8 Å². The van der Waals surface area contributed by atoms with Crippen molar-refractivity contribution >= 4 is 29.5 Å². The topological polar surface area (TPSA) is 84.5 Å². The number of imide groups is 1. The summed E-state index contributed by atoms with van der Waals surface area (Å²) in [5.41, 5.74) is 0.772. The number of urea groups is 1. The van der Waals surface area contributed by atoms with E-state index in [2.05, 4.69) is 10.6 Å². The van der Waals surface area contributed by atoms with Gasteiger partial charge in [-0.2, -0.15) is 0 Å². The number of benzene rings is 1. The van der Waals surface area contributed by atoms with Gasteiger partial charge in [0.2, 0.25) is 0 Å². The Kier molecular flexibility index (Phi) is 7.45. The molecule has 3 amide bonds. The lowest BCUT2D eigenvalue weighted by molar-refractivity contribution is -0.150. The van der Waals surface area contributed by atoms with Gasteiger partial charge in [0.15, 0.2) is 6.61 Å². The van der Waals surface area contributed by atoms with Gasteiger partial charge < -0.3 is 10.1 Å². The first kappa shape index (κ1) is 20.2. The lowest BCUT2D eigenvalue weighted by Gasteiger charge is -2.20. The minimum Gasteiger partial charge on any atom is -0.455 e. The van der Waals surface area contributed by atoms with Gasteiger partial charge in [0.05, 0.1) is 5.92 Å². The lowest BCUT2D eigenvalue weighted by atomic mass is 9.88. The summed E-state index contributed by atoms with van der Waals surface area (Å²) in [4.78, 5) is 36.0. The highest BCUT2D eigenvalue weighted by molar-refractivity contribution is 6.30. The Balaban J connectivity index is 1.83. The van der Waals surface area contributed by atoms with Crippen molar-refractivity contribution in [3.63, 3.8) is 0 Å². The van der Waals surface area contributed by atoms with Gasteiger partial charge in [0.25, 0.3) is 5.91 Å². The molecule has 0 saturated heterocycles. The molecule has 0 radical (unpaired) electrons. The first-order chi connectivity index (χ1) is 12.4. The molecule has 26 heavy (non-hydrogen) atoms. The van der Waals surface area contributed by atoms with Crippen LogP contribution in [0.2, 0.25) is 5.02 Å². The van der Waals surface area contributed by atoms with Crippen LogP contribution in [0.5, 0.6) is 0 Å². The standard InChI is InChI=1S/C19H25ClN2O4/c1-12(2)17(13-7-9-14(20)10-8-13)18(24)26-11-16(23)22-19(25)21-15-5-3-4-6-15/h7-10,12,15,17H,3-6,11H2,1-2H3,(H2,21,22,23,25). The van der Waals surface area contributed by atoms with Crippen molar-refractivity contribution in [1.29, 1.82) is 0 Å². The molecule has 0 heterocycles. The fourth-order valence-electron chi connectivity index (χ4n) is 3.14. The summed E-state index contributed by atoms with van der Waals surface area (Å²) in [6, 6.07) is 6.52. The van der Waals surface area contributed by atoms with Gasteiger partial charge in [0, 0.05) is 11.1 Å². The van der Waals surface area contributed by atoms with Gasteiger partial charge in [-0.3, -0.25) is 14.9 Å². The Labute approximate surface area is 158 Å². The molecule has 1 aliphatic carbocycles. The number of hydrogen-bond acceptors (Lipinski definition) is 4. The van der Waals surface area contributed by atoms with E-state index >= 15 is 0 Å². The summed E-state index contributed by atoms with van der Waals surface area (Å²) < 4.78 is 5.12. The number of carbonyl (C=O) groups is 3. The molecule has 1 atom stereocenters. The maximum absolute atomic E-state index is 12.4. The lowest BCUT2D eigenvalue weighted by Crippen LogP contribution is -2.45. The molecular formula is C19H25ClN2O4. The number of esters is 1. The van der Waals surface area contributed by atoms with Gasteiger partial charge in [0.1, 0.15) is 0 Å². The van der Waals surface area contributed by atoms with E-state index in [-0.39, 0.29) is 12.0 Å². The van der Waals surface area contributed by atoms with Gasteiger partial charge in [-0.1, -0.05) is 50.4 Å². The molecule has 142 valence electrons. The normalized spacial score (nSPS) is 15.5. The fourth-order valence-corrected chi connectivity index (χ4v) is 3.27. The first-order valence-electron chi connectivity index (χ1n) is 8.89. The SMILES string of the molecule is CC(C)C(C(=O)OCC(=O)NC(=O)NC1CCCC1)c1ccc(Cl)cc1. The minimum absolute atomic E-state index is 0.0163. The molecule has 0 aliphatic heterocycles. The zero-order valence-corrected chi connectivity index (χ0v) is 15.8. The van der Waals surface area contributed by atoms with Crippen LogP contribution in [0.25, 0.3) is 0 Å². The Morgan fingerprint density at radius 1 is 1.15 bits per heavy atom. The first-order valence-corrected chi connectivity index (χ1v) is 9.27. The quantitative estimate of drug-likeness (QED) is 0.741. The number of ether oxygens (including phenoxy) is 1. The maximum atomic E-state index is 12.4. The second kappa shape index (κ2) is 9.57. The number of hydrogen-bond donors (Lipinski definition) is 2. The summed E-state index contributed by atoms with van der Waals surface area (Å²) in [6.07, 6.45) is 4.01. The second-order valence-corrected chi connectivity index (χ2v) is 7.32. The van der Waals surface area contributed by atoms with E-state index in [0.717, 1.165) is 31.2 Å². The highest BCUT2D eigenvalue weighted by Crippen LogP contribution is 2.27. The summed E-state index contributed by atoms with van der Waals surface area (Å²) in [5.74, 6) is -1.68. The summed E-state index contributed by atoms with van der Waals surface area (Å²) >= 11 is 5.88. The zero-order chi connectivity index (χ0) is 19.1. The number of halogens is 1. The van der Waals surface area contributed by atoms with Crippen molar-refractivity contribution < 1.29 is 19.1 Å². The average molecular weight is 381 g/mol. The highest BCUT2D eigenvalue weighted by Gasteiger charge is 2.26. The third-order valence-electron chi connectivity index (χ3n) is 4.44. The molecule has 2 N–H and O–H groups in total. The number of nitrogens with one attached hydrogen (secondary N) is 2. The number of rotatable bonds is 6. The number of carbonyl (C=O) groups excluding carboxylic acids is 3. The van der Waals surface area contributed by atoms with Crippen molar-refractivity contribution in [2.24, 2.45) is 5.92 Å². The zero-order valence-electron chi connectivity index (χ0n) is 15.1. The Bertz CT molecular complexity index is 639. The second-order valence-electron chi connectivity index (χ2n) is 6.88. The van der Waals surface area contributed by atoms with E-state index in [9.17, 15) is 14.4 Å². The fraction of sp³-hybridized carbons (Fsp3) is 0.526. The smallest absolute Gasteiger partial charge is 0.321 e. The van der Waals surface area contributed by atoms with E-state index in [0.29, 0.717) is 5.02 Å². The van der Waals surface area contributed by atoms with E-state index in [1.165, 1.54) is 0 Å². The van der Waals surface area contributed by atoms with Crippen LogP contribution >= 0.6 is 11.6 Å². The molecule has 7 heteroatoms. The molecule has 1 saturated carbocycles. The van der Waals surface area contributed by atoms with Crippen LogP contribution in [-0.2, 0) is 14.3 Å². The van der Waals surface area contributed by atoms with E-state index in [4.69, 9.17) is 16.3 Å². The van der Waals surface area contributed by atoms with E-state index in [1.54, 1.807) is 24.3 Å². The molecule has 0 bridgehead atoms. The molecule has 1 aliphatic rings. The molecule has 1 aromatic carbocycles. The van der Waals surface area contributed by atoms with Crippen molar-refractivity contribution in [2.75, 3.05) is 6.61 Å². The molecule has 1 fully saturated rings. The molecule has 1 aromatic rings. The van der Waals surface area contributed by atoms with Crippen LogP contribution in [0, 0.1) is 5.92 Å². The molecular weight excluding hydrogens is 356 g/mol. The van der Waals surface area contributed by atoms with E-state index < -0.39 is 30.4 Å². The third-order valence-corrected chi connectivity index (χ3v) is 4.69. The highest BCUT2D eigenvalue weighted by atomic mass is 35.5. The van der Waals surface area contributed by atoms with Crippen LogP contribution in [0.3, 0.4) is 0 Å². The summed E-state index contributed by atoms with van der Waals surface area (Å²) in [6.45, 7) is 3.30. The molecule has 0 spiro atoms. The van der Waals surface area contributed by atoms with Crippen LogP contribution in [0.4, 0.5) is 4.79 Å². The monoisotopic (exact) mass is 380 g/mol. The molecule has 6 nitrogen and oxygen atoms in total. The van der Waals surface area contributed by atoms with Gasteiger partial charge in [-0.25, -0.2) is 4.79 Å². The molecule has 1 unspecified atom stereocenters. The van der Waals surface area contributed by atoms with Crippen LogP contribution in [0.15, 0.2) is 24.3 Å². The van der Waals surface area contributed by atoms with Crippen LogP contribution < -0.4 is 10.6 Å². The van der Waals surface area contributed by atoms with Crippen LogP contribution in [0.1, 0.15) is 51.0 Å². The Hall–Kier alpha value is -2.08. The van der Waals surface area contributed by atoms with Crippen molar-refractivity contribution in [1.82, 2.24) is 10.6 Å². The van der Waals surface area contributed by atoms with Crippen molar-refractivity contribution in [3.8, 4) is 0 Å². The van der Waals surface area contributed by atoms with Gasteiger partial charge in [-0.15, -0.1) is 0 Å². The maximum Gasteiger partial charge on any atom is 0.321 e. The summed E-state index contributed by atoms with van der Waals surface area (Å²) in [7, 11) is 0.